The van der Waals surface area contributed by atoms with Gasteiger partial charge in [0.15, 0.2) is 0 Å². The van der Waals surface area contributed by atoms with Crippen LogP contribution in [0.2, 0.25) is 0 Å². The minimum atomic E-state index is -3.74. The van der Waals surface area contributed by atoms with E-state index in [4.69, 9.17) is 10.9 Å². The molecule has 0 fully saturated rings. The molecule has 122 valence electrons. The number of nitrogens with two attached hydrogens (primary N) is 2. The lowest BCUT2D eigenvalue weighted by molar-refractivity contribution is -0.115. The lowest BCUT2D eigenvalue weighted by Crippen LogP contribution is -2.22. The molecule has 0 heterocycles. The highest BCUT2D eigenvalue weighted by Crippen LogP contribution is 2.25. The first-order valence-corrected chi connectivity index (χ1v) is 9.14. The van der Waals surface area contributed by atoms with Crippen molar-refractivity contribution >= 4 is 39.1 Å². The number of amides is 1. The van der Waals surface area contributed by atoms with Crippen molar-refractivity contribution < 1.29 is 13.2 Å². The normalized spacial score (nSPS) is 12.6. The molecule has 0 aliphatic carbocycles. The van der Waals surface area contributed by atoms with Crippen LogP contribution in [0.3, 0.4) is 0 Å². The number of primary sulfonamides is 1. The van der Waals surface area contributed by atoms with Crippen molar-refractivity contribution in [2.45, 2.75) is 22.0 Å². The van der Waals surface area contributed by atoms with E-state index in [2.05, 4.69) is 5.32 Å². The third-order valence-corrected chi connectivity index (χ3v) is 5.05. The molecule has 0 spiro atoms. The van der Waals surface area contributed by atoms with Crippen LogP contribution in [0, 0.1) is 0 Å². The Hall–Kier alpha value is -2.03. The molecular weight excluding hydrogens is 334 g/mol. The zero-order valence-corrected chi connectivity index (χ0v) is 14.0. The Morgan fingerprint density at radius 2 is 1.65 bits per heavy atom. The van der Waals surface area contributed by atoms with Gasteiger partial charge in [0.05, 0.1) is 10.1 Å². The maximum absolute atomic E-state index is 12.2. The largest absolute Gasteiger partial charge is 0.399 e. The minimum absolute atomic E-state index is 0.000188. The maximum Gasteiger partial charge on any atom is 0.238 e. The topological polar surface area (TPSA) is 115 Å². The standard InChI is InChI=1S/C15H17N3O3S2/c1-10(22-13-6-2-11(16)3-7-13)15(19)18-12-4-8-14(9-5-12)23(17,20)21/h2-10H,16H2,1H3,(H,18,19)(H2,17,20,21)/t10-/m1/s1. The van der Waals surface area contributed by atoms with Crippen molar-refractivity contribution in [2.75, 3.05) is 11.1 Å². The number of hydrogen-bond acceptors (Lipinski definition) is 5. The van der Waals surface area contributed by atoms with Gasteiger partial charge in [0, 0.05) is 16.3 Å². The summed E-state index contributed by atoms with van der Waals surface area (Å²) in [6, 6.07) is 13.0. The van der Waals surface area contributed by atoms with Crippen molar-refractivity contribution in [3.05, 3.63) is 48.5 Å². The quantitative estimate of drug-likeness (QED) is 0.563. The van der Waals surface area contributed by atoms with Crippen LogP contribution < -0.4 is 16.2 Å². The van der Waals surface area contributed by atoms with E-state index >= 15 is 0 Å². The van der Waals surface area contributed by atoms with Gasteiger partial charge in [0.2, 0.25) is 15.9 Å². The van der Waals surface area contributed by atoms with Crippen molar-refractivity contribution in [1.82, 2.24) is 0 Å². The second-order valence-corrected chi connectivity index (χ2v) is 7.86. The molecule has 23 heavy (non-hydrogen) atoms. The predicted octanol–water partition coefficient (Wildman–Crippen LogP) is 2.04. The fraction of sp³-hybridized carbons (Fsp3) is 0.133. The van der Waals surface area contributed by atoms with Gasteiger partial charge in [-0.2, -0.15) is 0 Å². The lowest BCUT2D eigenvalue weighted by atomic mass is 10.3. The molecular formula is C15H17N3O3S2. The molecule has 2 rings (SSSR count). The molecule has 2 aromatic carbocycles. The van der Waals surface area contributed by atoms with E-state index in [1.54, 1.807) is 19.1 Å². The van der Waals surface area contributed by atoms with Crippen LogP contribution in [0.25, 0.3) is 0 Å². The van der Waals surface area contributed by atoms with E-state index in [-0.39, 0.29) is 16.1 Å². The number of nitrogens with one attached hydrogen (secondary N) is 1. The number of hydrogen-bond donors (Lipinski definition) is 3. The minimum Gasteiger partial charge on any atom is -0.399 e. The number of carbonyl (C=O) groups excluding carboxylic acids is 1. The second kappa shape index (κ2) is 7.03. The van der Waals surface area contributed by atoms with Gasteiger partial charge in [-0.3, -0.25) is 4.79 Å². The van der Waals surface area contributed by atoms with Crippen LogP contribution in [0.4, 0.5) is 11.4 Å². The van der Waals surface area contributed by atoms with Crippen LogP contribution in [0.15, 0.2) is 58.3 Å². The number of sulfonamides is 1. The molecule has 0 unspecified atom stereocenters. The number of anilines is 2. The molecule has 0 bridgehead atoms. The molecule has 0 aliphatic rings. The third-order valence-electron chi connectivity index (χ3n) is 3.01. The average Bonchev–Trinajstić information content (AvgIpc) is 2.49. The first-order chi connectivity index (χ1) is 10.8. The Kier molecular flexibility index (Phi) is 5.30. The SMILES string of the molecule is C[C@@H](Sc1ccc(N)cc1)C(=O)Nc1ccc(S(N)(=O)=O)cc1. The van der Waals surface area contributed by atoms with Crippen LogP contribution in [-0.2, 0) is 14.8 Å². The van der Waals surface area contributed by atoms with Crippen molar-refractivity contribution in [2.24, 2.45) is 5.14 Å². The Morgan fingerprint density at radius 3 is 2.17 bits per heavy atom. The molecule has 0 aliphatic heterocycles. The van der Waals surface area contributed by atoms with Crippen LogP contribution in [0.5, 0.6) is 0 Å². The van der Waals surface area contributed by atoms with E-state index in [1.807, 2.05) is 12.1 Å². The first-order valence-electron chi connectivity index (χ1n) is 6.71. The summed E-state index contributed by atoms with van der Waals surface area (Å²) in [7, 11) is -3.74. The monoisotopic (exact) mass is 351 g/mol. The van der Waals surface area contributed by atoms with Crippen LogP contribution in [0.1, 0.15) is 6.92 Å². The van der Waals surface area contributed by atoms with E-state index in [0.29, 0.717) is 11.4 Å². The summed E-state index contributed by atoms with van der Waals surface area (Å²) in [5, 5.41) is 7.43. The fourth-order valence-corrected chi connectivity index (χ4v) is 3.16. The molecule has 5 N–H and O–H groups in total. The second-order valence-electron chi connectivity index (χ2n) is 4.89. The molecule has 0 saturated carbocycles. The number of benzene rings is 2. The molecule has 2 aromatic rings. The summed E-state index contributed by atoms with van der Waals surface area (Å²) in [4.78, 5) is 13.1. The van der Waals surface area contributed by atoms with E-state index in [0.717, 1.165) is 4.90 Å². The highest BCUT2D eigenvalue weighted by Gasteiger charge is 2.15. The van der Waals surface area contributed by atoms with Gasteiger partial charge in [0.1, 0.15) is 0 Å². The molecule has 0 aromatic heterocycles. The maximum atomic E-state index is 12.2. The summed E-state index contributed by atoms with van der Waals surface area (Å²) < 4.78 is 22.4. The summed E-state index contributed by atoms with van der Waals surface area (Å²) >= 11 is 1.40. The highest BCUT2D eigenvalue weighted by atomic mass is 32.2. The van der Waals surface area contributed by atoms with Crippen molar-refractivity contribution in [3.63, 3.8) is 0 Å². The summed E-state index contributed by atoms with van der Waals surface area (Å²) in [6.45, 7) is 1.79. The zero-order chi connectivity index (χ0) is 17.0. The number of carbonyl (C=O) groups is 1. The molecule has 1 amide bonds. The van der Waals surface area contributed by atoms with Gasteiger partial charge in [-0.15, -0.1) is 11.8 Å². The Morgan fingerprint density at radius 1 is 1.09 bits per heavy atom. The Bertz CT molecular complexity index is 788. The predicted molar refractivity (Wildman–Crippen MR) is 92.6 cm³/mol. The van der Waals surface area contributed by atoms with Crippen molar-refractivity contribution in [3.8, 4) is 0 Å². The summed E-state index contributed by atoms with van der Waals surface area (Å²) in [6.07, 6.45) is 0. The van der Waals surface area contributed by atoms with Gasteiger partial charge in [-0.05, 0) is 55.5 Å². The van der Waals surface area contributed by atoms with Gasteiger partial charge in [-0.1, -0.05) is 0 Å². The lowest BCUT2D eigenvalue weighted by Gasteiger charge is -2.12. The van der Waals surface area contributed by atoms with E-state index in [9.17, 15) is 13.2 Å². The first kappa shape index (κ1) is 17.3. The summed E-state index contributed by atoms with van der Waals surface area (Å²) in [5.41, 5.74) is 6.80. The van der Waals surface area contributed by atoms with Gasteiger partial charge in [0.25, 0.3) is 0 Å². The van der Waals surface area contributed by atoms with Crippen LogP contribution >= 0.6 is 11.8 Å². The number of thioether (sulfide) groups is 1. The molecule has 1 atom stereocenters. The van der Waals surface area contributed by atoms with Crippen molar-refractivity contribution in [1.29, 1.82) is 0 Å². The zero-order valence-electron chi connectivity index (χ0n) is 12.4. The number of rotatable bonds is 5. The Balaban J connectivity index is 1.99. The van der Waals surface area contributed by atoms with E-state index in [1.165, 1.54) is 36.0 Å². The Labute approximate surface area is 139 Å². The van der Waals surface area contributed by atoms with Gasteiger partial charge >= 0.3 is 0 Å². The fourth-order valence-electron chi connectivity index (χ4n) is 1.78. The van der Waals surface area contributed by atoms with Gasteiger partial charge in [-0.25, -0.2) is 13.6 Å². The van der Waals surface area contributed by atoms with E-state index < -0.39 is 10.0 Å². The molecule has 6 nitrogen and oxygen atoms in total. The highest BCUT2D eigenvalue weighted by molar-refractivity contribution is 8.00. The average molecular weight is 351 g/mol. The van der Waals surface area contributed by atoms with Gasteiger partial charge < -0.3 is 11.1 Å². The smallest absolute Gasteiger partial charge is 0.238 e. The molecule has 0 saturated heterocycles. The summed E-state index contributed by atoms with van der Waals surface area (Å²) in [5.74, 6) is -0.185. The third kappa shape index (κ3) is 4.98. The molecule has 0 radical (unpaired) electrons. The van der Waals surface area contributed by atoms with Crippen LogP contribution in [-0.4, -0.2) is 19.6 Å². The number of nitrogen functional groups attached to an aromatic ring is 1. The molecule has 8 heteroatoms.